The van der Waals surface area contributed by atoms with Gasteiger partial charge < -0.3 is 10.1 Å². The summed E-state index contributed by atoms with van der Waals surface area (Å²) in [5.41, 5.74) is 0.179. The number of rotatable bonds is 2. The Morgan fingerprint density at radius 1 is 1.33 bits per heavy atom. The first-order valence-corrected chi connectivity index (χ1v) is 8.57. The number of hydrogen-bond donors (Lipinski definition) is 1. The summed E-state index contributed by atoms with van der Waals surface area (Å²) < 4.78 is 7.04. The second-order valence-electron chi connectivity index (χ2n) is 7.19. The van der Waals surface area contributed by atoms with Crippen molar-refractivity contribution in [2.75, 3.05) is 0 Å². The van der Waals surface area contributed by atoms with Gasteiger partial charge in [0.15, 0.2) is 11.5 Å². The summed E-state index contributed by atoms with van der Waals surface area (Å²) in [4.78, 5) is 12.0. The maximum atomic E-state index is 12.0. The Morgan fingerprint density at radius 3 is 2.88 bits per heavy atom. The van der Waals surface area contributed by atoms with Gasteiger partial charge in [-0.25, -0.2) is 4.79 Å². The zero-order chi connectivity index (χ0) is 17.3. The maximum absolute atomic E-state index is 12.0. The summed E-state index contributed by atoms with van der Waals surface area (Å²) in [5.74, 6) is 0.975. The Bertz CT molecular complexity index is 740. The average molecular weight is 352 g/mol. The summed E-state index contributed by atoms with van der Waals surface area (Å²) in [6.45, 7) is 5.57. The number of alkyl carbamates (subject to hydrolysis) is 1. The summed E-state index contributed by atoms with van der Waals surface area (Å²) in [6, 6.07) is 3.55. The van der Waals surface area contributed by atoms with E-state index in [4.69, 9.17) is 16.3 Å². The lowest BCUT2D eigenvalue weighted by Crippen LogP contribution is -2.41. The highest BCUT2D eigenvalue weighted by atomic mass is 35.5. The first-order chi connectivity index (χ1) is 11.3. The van der Waals surface area contributed by atoms with Gasteiger partial charge in [0.1, 0.15) is 10.8 Å². The number of carbonyl (C=O) groups excluding carboxylic acids is 1. The van der Waals surface area contributed by atoms with E-state index in [1.807, 2.05) is 20.8 Å². The van der Waals surface area contributed by atoms with Crippen LogP contribution < -0.4 is 5.32 Å². The van der Waals surface area contributed by atoms with Crippen LogP contribution in [0.3, 0.4) is 0 Å². The molecule has 2 aromatic rings. The summed E-state index contributed by atoms with van der Waals surface area (Å²) in [5, 5.41) is 16.1. The number of carbonyl (C=O) groups is 1. The van der Waals surface area contributed by atoms with Crippen molar-refractivity contribution in [2.24, 2.45) is 0 Å². The second kappa shape index (κ2) is 6.55. The molecule has 0 aliphatic heterocycles. The molecule has 2 atom stereocenters. The average Bonchev–Trinajstić information content (AvgIpc) is 2.88. The third kappa shape index (κ3) is 3.95. The van der Waals surface area contributed by atoms with Gasteiger partial charge in [0.2, 0.25) is 0 Å². The fraction of sp³-hybridized carbons (Fsp3) is 0.625. The van der Waals surface area contributed by atoms with Crippen LogP contribution in [-0.4, -0.2) is 37.5 Å². The van der Waals surface area contributed by atoms with Crippen LogP contribution in [0.2, 0.25) is 5.15 Å². The van der Waals surface area contributed by atoms with Crippen LogP contribution in [0.15, 0.2) is 12.1 Å². The maximum Gasteiger partial charge on any atom is 0.407 e. The molecule has 7 nitrogen and oxygen atoms in total. The van der Waals surface area contributed by atoms with Crippen LogP contribution in [0.4, 0.5) is 4.79 Å². The van der Waals surface area contributed by atoms with Gasteiger partial charge in [-0.05, 0) is 52.2 Å². The van der Waals surface area contributed by atoms with Crippen molar-refractivity contribution >= 4 is 23.3 Å². The molecular weight excluding hydrogens is 330 g/mol. The lowest BCUT2D eigenvalue weighted by molar-refractivity contribution is 0.0490. The zero-order valence-electron chi connectivity index (χ0n) is 14.1. The smallest absolute Gasteiger partial charge is 0.407 e. The fourth-order valence-corrected chi connectivity index (χ4v) is 3.21. The lowest BCUT2D eigenvalue weighted by atomic mass is 9.85. The van der Waals surface area contributed by atoms with Gasteiger partial charge in [-0.15, -0.1) is 10.2 Å². The number of nitrogens with zero attached hydrogens (tertiary/aromatic N) is 4. The topological polar surface area (TPSA) is 81.4 Å². The molecule has 2 heterocycles. The monoisotopic (exact) mass is 351 g/mol. The number of amides is 1. The van der Waals surface area contributed by atoms with E-state index in [2.05, 4.69) is 20.6 Å². The molecule has 1 aliphatic rings. The van der Waals surface area contributed by atoms with Crippen molar-refractivity contribution < 1.29 is 9.53 Å². The SMILES string of the molecule is CC(C)(C)OC(=O)N[C@@H]1CCC[C@H](c2nnc3ccc(Cl)nn23)C1. The van der Waals surface area contributed by atoms with Gasteiger partial charge in [0.25, 0.3) is 0 Å². The van der Waals surface area contributed by atoms with Gasteiger partial charge in [0.05, 0.1) is 0 Å². The summed E-state index contributed by atoms with van der Waals surface area (Å²) in [7, 11) is 0. The molecule has 0 spiro atoms. The molecular formula is C16H22ClN5O2. The highest BCUT2D eigenvalue weighted by Gasteiger charge is 2.29. The number of hydrogen-bond acceptors (Lipinski definition) is 5. The number of fused-ring (bicyclic) bond motifs is 1. The van der Waals surface area contributed by atoms with Gasteiger partial charge in [-0.3, -0.25) is 0 Å². The molecule has 1 saturated carbocycles. The van der Waals surface area contributed by atoms with E-state index in [1.165, 1.54) is 0 Å². The molecule has 8 heteroatoms. The van der Waals surface area contributed by atoms with E-state index in [-0.39, 0.29) is 18.1 Å². The molecule has 0 aromatic carbocycles. The molecule has 0 saturated heterocycles. The Morgan fingerprint density at radius 2 is 2.12 bits per heavy atom. The van der Waals surface area contributed by atoms with Crippen LogP contribution in [0.1, 0.15) is 58.2 Å². The van der Waals surface area contributed by atoms with Gasteiger partial charge in [0, 0.05) is 12.0 Å². The standard InChI is InChI=1S/C16H22ClN5O2/c1-16(2,3)24-15(23)18-11-6-4-5-10(9-11)14-20-19-13-8-7-12(17)21-22(13)14/h7-8,10-11H,4-6,9H2,1-3H3,(H,18,23)/t10-,11+/m0/s1. The number of nitrogens with one attached hydrogen (secondary N) is 1. The Labute approximate surface area is 145 Å². The van der Waals surface area contributed by atoms with E-state index >= 15 is 0 Å². The van der Waals surface area contributed by atoms with Crippen LogP contribution >= 0.6 is 11.6 Å². The third-order valence-electron chi connectivity index (χ3n) is 4.01. The van der Waals surface area contributed by atoms with Crippen molar-refractivity contribution in [2.45, 2.75) is 64.0 Å². The number of ether oxygens (including phenoxy) is 1. The molecule has 1 N–H and O–H groups in total. The van der Waals surface area contributed by atoms with Crippen LogP contribution in [0.25, 0.3) is 5.65 Å². The minimum absolute atomic E-state index is 0.0603. The molecule has 130 valence electrons. The van der Waals surface area contributed by atoms with Gasteiger partial charge in [-0.2, -0.15) is 9.61 Å². The minimum Gasteiger partial charge on any atom is -0.444 e. The fourth-order valence-electron chi connectivity index (χ4n) is 3.07. The highest BCUT2D eigenvalue weighted by Crippen LogP contribution is 2.32. The van der Waals surface area contributed by atoms with Crippen molar-refractivity contribution in [3.05, 3.63) is 23.1 Å². The van der Waals surface area contributed by atoms with E-state index < -0.39 is 5.60 Å². The lowest BCUT2D eigenvalue weighted by Gasteiger charge is -2.29. The largest absolute Gasteiger partial charge is 0.444 e. The third-order valence-corrected chi connectivity index (χ3v) is 4.22. The van der Waals surface area contributed by atoms with Gasteiger partial charge in [-0.1, -0.05) is 18.0 Å². The molecule has 1 aliphatic carbocycles. The van der Waals surface area contributed by atoms with Gasteiger partial charge >= 0.3 is 6.09 Å². The summed E-state index contributed by atoms with van der Waals surface area (Å²) in [6.07, 6.45) is 3.33. The van der Waals surface area contributed by atoms with E-state index in [9.17, 15) is 4.79 Å². The molecule has 24 heavy (non-hydrogen) atoms. The molecule has 0 unspecified atom stereocenters. The van der Waals surface area contributed by atoms with E-state index in [0.717, 1.165) is 31.5 Å². The Balaban J connectivity index is 1.71. The normalized spacial score (nSPS) is 21.7. The van der Waals surface area contributed by atoms with Crippen molar-refractivity contribution in [3.63, 3.8) is 0 Å². The molecule has 1 fully saturated rings. The molecule has 3 rings (SSSR count). The molecule has 0 bridgehead atoms. The first kappa shape index (κ1) is 17.0. The second-order valence-corrected chi connectivity index (χ2v) is 7.58. The predicted molar refractivity (Wildman–Crippen MR) is 90.2 cm³/mol. The van der Waals surface area contributed by atoms with Crippen molar-refractivity contribution in [1.82, 2.24) is 25.1 Å². The molecule has 2 aromatic heterocycles. The first-order valence-electron chi connectivity index (χ1n) is 8.19. The quantitative estimate of drug-likeness (QED) is 0.897. The minimum atomic E-state index is -0.498. The molecule has 0 radical (unpaired) electrons. The number of halogens is 1. The van der Waals surface area contributed by atoms with Crippen molar-refractivity contribution in [3.8, 4) is 0 Å². The zero-order valence-corrected chi connectivity index (χ0v) is 14.9. The number of aromatic nitrogens is 4. The molecule has 1 amide bonds. The Hall–Kier alpha value is -1.89. The van der Waals surface area contributed by atoms with E-state index in [0.29, 0.717) is 10.8 Å². The van der Waals surface area contributed by atoms with Crippen molar-refractivity contribution in [1.29, 1.82) is 0 Å². The van der Waals surface area contributed by atoms with Crippen LogP contribution in [0.5, 0.6) is 0 Å². The van der Waals surface area contributed by atoms with Crippen LogP contribution in [0, 0.1) is 0 Å². The highest BCUT2D eigenvalue weighted by molar-refractivity contribution is 6.29. The van der Waals surface area contributed by atoms with E-state index in [1.54, 1.807) is 16.6 Å². The predicted octanol–water partition coefficient (Wildman–Crippen LogP) is 3.33. The Kier molecular flexibility index (Phi) is 4.62. The van der Waals surface area contributed by atoms with Crippen LogP contribution in [-0.2, 0) is 4.74 Å². The summed E-state index contributed by atoms with van der Waals surface area (Å²) >= 11 is 5.98.